The molecular formula is C24H28N3O16P3. The van der Waals surface area contributed by atoms with Crippen LogP contribution in [-0.4, -0.2) is 60.7 Å². The molecule has 8 atom stereocenters. The molecule has 2 aromatic carbocycles. The van der Waals surface area contributed by atoms with Gasteiger partial charge in [0, 0.05) is 18.7 Å². The lowest BCUT2D eigenvalue weighted by atomic mass is 10.1. The lowest BCUT2D eigenvalue weighted by Crippen LogP contribution is -2.36. The minimum atomic E-state index is -5.69. The van der Waals surface area contributed by atoms with Gasteiger partial charge in [-0.3, -0.25) is 23.4 Å². The van der Waals surface area contributed by atoms with Crippen LogP contribution >= 0.6 is 23.2 Å². The number of phosphoric ester groups is 1. The number of ether oxygens (including phenoxy) is 3. The molecule has 2 aliphatic rings. The molecule has 0 spiro atoms. The van der Waals surface area contributed by atoms with Crippen molar-refractivity contribution in [3.63, 3.8) is 0 Å². The van der Waals surface area contributed by atoms with Crippen LogP contribution in [0.1, 0.15) is 17.4 Å². The molecule has 5 rings (SSSR count). The number of nitrogens with one attached hydrogen (secondary N) is 2. The molecule has 250 valence electrons. The Morgan fingerprint density at radius 1 is 0.848 bits per heavy atom. The van der Waals surface area contributed by atoms with E-state index in [0.717, 1.165) is 16.2 Å². The Balaban J connectivity index is 1.24. The highest BCUT2D eigenvalue weighted by Gasteiger charge is 2.54. The Kier molecular flexibility index (Phi) is 10.6. The Hall–Kier alpha value is -2.83. The number of rotatable bonds is 14. The summed E-state index contributed by atoms with van der Waals surface area (Å²) in [5, 5.41) is 8.39. The van der Waals surface area contributed by atoms with E-state index in [2.05, 4.69) is 24.1 Å². The standard InChI is InChI=1S/C24H28N3O16P3/c28-19-10-11-27(24(29)25-19)23-22-21(39-20(40-22)12-15-4-2-1-3-5-15)18(38-23)13-37-45(33,34)43-46(35,36)42-44(31,32)14-16-6-8-17(9-7-16)26-41-30/h1-11,18,20-23,26,30H,12-14H2,(H,31,32)(H,33,34)(H,35,36)(H,25,28,29). The number of hydrogen-bond donors (Lipinski definition) is 6. The van der Waals surface area contributed by atoms with E-state index in [-0.39, 0.29) is 11.3 Å². The summed E-state index contributed by atoms with van der Waals surface area (Å²) in [4.78, 5) is 60.2. The maximum absolute atomic E-state index is 12.6. The van der Waals surface area contributed by atoms with Gasteiger partial charge in [-0.25, -0.2) is 29.0 Å². The zero-order valence-electron chi connectivity index (χ0n) is 23.3. The van der Waals surface area contributed by atoms with Crippen molar-refractivity contribution in [2.24, 2.45) is 0 Å². The lowest BCUT2D eigenvalue weighted by molar-refractivity contribution is -0.215. The zero-order chi connectivity index (χ0) is 33.1. The topological polar surface area (TPSA) is 264 Å². The molecule has 0 bridgehead atoms. The van der Waals surface area contributed by atoms with E-state index < -0.39 is 78.1 Å². The predicted octanol–water partition coefficient (Wildman–Crippen LogP) is 2.24. The summed E-state index contributed by atoms with van der Waals surface area (Å²) in [6.07, 6.45) is -4.52. The first-order chi connectivity index (χ1) is 21.7. The summed E-state index contributed by atoms with van der Waals surface area (Å²) in [7, 11) is -16.1. The summed E-state index contributed by atoms with van der Waals surface area (Å²) in [6, 6.07) is 15.5. The van der Waals surface area contributed by atoms with Gasteiger partial charge in [0.15, 0.2) is 12.5 Å². The zero-order valence-corrected chi connectivity index (χ0v) is 26.0. The average molecular weight is 707 g/mol. The minimum absolute atomic E-state index is 0.145. The third-order valence-electron chi connectivity index (χ3n) is 6.61. The minimum Gasteiger partial charge on any atom is -0.346 e. The maximum atomic E-state index is 12.6. The highest BCUT2D eigenvalue weighted by Crippen LogP contribution is 2.68. The van der Waals surface area contributed by atoms with E-state index in [1.807, 2.05) is 30.3 Å². The molecule has 0 aliphatic carbocycles. The third-order valence-corrected chi connectivity index (χ3v) is 11.3. The molecule has 8 unspecified atom stereocenters. The van der Waals surface area contributed by atoms with E-state index in [1.165, 1.54) is 30.5 Å². The number of anilines is 1. The molecule has 22 heteroatoms. The lowest BCUT2D eigenvalue weighted by Gasteiger charge is -2.22. The van der Waals surface area contributed by atoms with Crippen molar-refractivity contribution in [1.29, 1.82) is 0 Å². The molecule has 6 N–H and O–H groups in total. The Morgan fingerprint density at radius 2 is 1.54 bits per heavy atom. The fraction of sp³-hybridized carbons (Fsp3) is 0.333. The van der Waals surface area contributed by atoms with Crippen LogP contribution in [0.3, 0.4) is 0 Å². The second-order valence-corrected chi connectivity index (χ2v) is 15.0. The molecule has 3 heterocycles. The number of nitrogens with zero attached hydrogens (tertiary/aromatic N) is 1. The molecule has 19 nitrogen and oxygen atoms in total. The predicted molar refractivity (Wildman–Crippen MR) is 154 cm³/mol. The molecule has 3 aromatic rings. The molecule has 1 aromatic heterocycles. The molecule has 0 radical (unpaired) electrons. The van der Waals surface area contributed by atoms with Crippen molar-refractivity contribution in [1.82, 2.24) is 9.55 Å². The van der Waals surface area contributed by atoms with Gasteiger partial charge >= 0.3 is 28.9 Å². The molecule has 0 amide bonds. The van der Waals surface area contributed by atoms with Crippen LogP contribution in [0.5, 0.6) is 0 Å². The van der Waals surface area contributed by atoms with Gasteiger partial charge in [-0.15, -0.1) is 4.99 Å². The highest BCUT2D eigenvalue weighted by atomic mass is 31.3. The number of aromatic amines is 1. The normalized spacial score (nSPS) is 26.5. The van der Waals surface area contributed by atoms with Crippen LogP contribution in [0.2, 0.25) is 0 Å². The van der Waals surface area contributed by atoms with Crippen molar-refractivity contribution in [3.8, 4) is 0 Å². The number of benzene rings is 2. The van der Waals surface area contributed by atoms with Crippen LogP contribution < -0.4 is 16.7 Å². The van der Waals surface area contributed by atoms with Gasteiger partial charge in [0.25, 0.3) is 5.56 Å². The fourth-order valence-electron chi connectivity index (χ4n) is 4.78. The second kappa shape index (κ2) is 14.1. The van der Waals surface area contributed by atoms with Gasteiger partial charge in [-0.05, 0) is 23.3 Å². The van der Waals surface area contributed by atoms with Crippen molar-refractivity contribution < 1.29 is 66.0 Å². The third kappa shape index (κ3) is 8.95. The molecular weight excluding hydrogens is 679 g/mol. The van der Waals surface area contributed by atoms with Crippen molar-refractivity contribution >= 4 is 28.9 Å². The van der Waals surface area contributed by atoms with Crippen molar-refractivity contribution in [2.75, 3.05) is 12.1 Å². The Morgan fingerprint density at radius 3 is 2.22 bits per heavy atom. The van der Waals surface area contributed by atoms with Gasteiger partial charge in [0.05, 0.1) is 18.5 Å². The summed E-state index contributed by atoms with van der Waals surface area (Å²) >= 11 is 0. The molecule has 46 heavy (non-hydrogen) atoms. The molecule has 2 saturated heterocycles. The highest BCUT2D eigenvalue weighted by molar-refractivity contribution is 7.68. The molecule has 2 fully saturated rings. The monoisotopic (exact) mass is 707 g/mol. The van der Waals surface area contributed by atoms with E-state index >= 15 is 0 Å². The van der Waals surface area contributed by atoms with Gasteiger partial charge in [0.1, 0.15) is 18.3 Å². The van der Waals surface area contributed by atoms with E-state index in [0.29, 0.717) is 6.42 Å². The summed E-state index contributed by atoms with van der Waals surface area (Å²) in [5.41, 5.74) is 1.88. The van der Waals surface area contributed by atoms with Gasteiger partial charge in [-0.2, -0.15) is 4.31 Å². The van der Waals surface area contributed by atoms with Gasteiger partial charge < -0.3 is 28.9 Å². The SMILES string of the molecule is O=c1ccn(C2OC(COP(=O)(O)OP(=O)(O)OP(=O)(O)Cc3ccc(NOO)cc3)C3OC(Cc4ccccc4)OC32)c(=O)[nH]1. The van der Waals surface area contributed by atoms with Gasteiger partial charge in [-0.1, -0.05) is 42.5 Å². The fourth-order valence-corrected chi connectivity index (χ4v) is 8.92. The first-order valence-electron chi connectivity index (χ1n) is 13.2. The quantitative estimate of drug-likeness (QED) is 0.0797. The number of fused-ring (bicyclic) bond motifs is 1. The van der Waals surface area contributed by atoms with E-state index in [1.54, 1.807) is 0 Å². The van der Waals surface area contributed by atoms with Crippen LogP contribution in [0.15, 0.2) is 76.4 Å². The van der Waals surface area contributed by atoms with Crippen LogP contribution in [0.4, 0.5) is 5.69 Å². The largest absolute Gasteiger partial charge is 0.488 e. The number of phosphoric acid groups is 2. The average Bonchev–Trinajstić information content (AvgIpc) is 3.51. The van der Waals surface area contributed by atoms with Crippen LogP contribution in [0.25, 0.3) is 0 Å². The van der Waals surface area contributed by atoms with E-state index in [9.17, 15) is 38.0 Å². The summed E-state index contributed by atoms with van der Waals surface area (Å²) in [5.74, 6) is 0. The van der Waals surface area contributed by atoms with Crippen LogP contribution in [-0.2, 0) is 58.6 Å². The first-order valence-corrected chi connectivity index (χ1v) is 18.0. The first kappa shape index (κ1) is 34.5. The Labute approximate surface area is 258 Å². The smallest absolute Gasteiger partial charge is 0.346 e. The van der Waals surface area contributed by atoms with Gasteiger partial charge in [0.2, 0.25) is 0 Å². The summed E-state index contributed by atoms with van der Waals surface area (Å²) in [6.45, 7) is -0.806. The van der Waals surface area contributed by atoms with Crippen molar-refractivity contribution in [3.05, 3.63) is 98.8 Å². The van der Waals surface area contributed by atoms with Crippen LogP contribution in [0, 0.1) is 0 Å². The molecule has 2 aliphatic heterocycles. The number of hydrogen-bond acceptors (Lipinski definition) is 14. The number of H-pyrrole nitrogens is 1. The van der Waals surface area contributed by atoms with Crippen molar-refractivity contribution in [2.45, 2.75) is 43.4 Å². The summed E-state index contributed by atoms with van der Waals surface area (Å²) < 4.78 is 69.8. The second-order valence-electron chi connectivity index (χ2n) is 9.99. The molecule has 0 saturated carbocycles. The Bertz CT molecular complexity index is 1770. The van der Waals surface area contributed by atoms with E-state index in [4.69, 9.17) is 24.0 Å². The number of aromatic nitrogens is 2. The maximum Gasteiger partial charge on any atom is 0.488 e.